The summed E-state index contributed by atoms with van der Waals surface area (Å²) in [6.45, 7) is 8.47. The van der Waals surface area contributed by atoms with E-state index in [0.29, 0.717) is 12.2 Å². The van der Waals surface area contributed by atoms with Gasteiger partial charge in [-0.2, -0.15) is 0 Å². The van der Waals surface area contributed by atoms with Gasteiger partial charge >= 0.3 is 5.97 Å². The van der Waals surface area contributed by atoms with Crippen molar-refractivity contribution in [1.82, 2.24) is 4.90 Å². The van der Waals surface area contributed by atoms with Gasteiger partial charge in [0, 0.05) is 11.6 Å². The summed E-state index contributed by atoms with van der Waals surface area (Å²) in [6.07, 6.45) is 0.717. The molecule has 0 N–H and O–H groups in total. The summed E-state index contributed by atoms with van der Waals surface area (Å²) in [5.74, 6) is 0.534. The van der Waals surface area contributed by atoms with E-state index in [1.54, 1.807) is 0 Å². The number of esters is 1. The smallest absolute Gasteiger partial charge is 0.326 e. The highest BCUT2D eigenvalue weighted by molar-refractivity contribution is 5.94. The molecule has 0 aromatic heterocycles. The van der Waals surface area contributed by atoms with Crippen molar-refractivity contribution in [3.8, 4) is 5.75 Å². The molecule has 2 aromatic carbocycles. The Morgan fingerprint density at radius 3 is 2.29 bits per heavy atom. The Morgan fingerprint density at radius 2 is 1.62 bits per heavy atom. The molecule has 0 bridgehead atoms. The van der Waals surface area contributed by atoms with Crippen molar-refractivity contribution >= 4 is 5.97 Å². The SMILES string of the molecule is CCN(CC)C(C)CC1(c2ccccc2)C(=O)Oc2ccccc21. The van der Waals surface area contributed by atoms with E-state index in [1.807, 2.05) is 54.6 Å². The molecule has 2 atom stereocenters. The minimum absolute atomic E-state index is 0.158. The lowest BCUT2D eigenvalue weighted by molar-refractivity contribution is -0.137. The highest BCUT2D eigenvalue weighted by atomic mass is 16.5. The lowest BCUT2D eigenvalue weighted by atomic mass is 9.71. The molecule has 0 saturated heterocycles. The summed E-state index contributed by atoms with van der Waals surface area (Å²) < 4.78 is 5.67. The van der Waals surface area contributed by atoms with Crippen molar-refractivity contribution in [2.45, 2.75) is 38.6 Å². The van der Waals surface area contributed by atoms with E-state index in [4.69, 9.17) is 4.74 Å². The van der Waals surface area contributed by atoms with Crippen LogP contribution in [-0.2, 0) is 10.2 Å². The summed E-state index contributed by atoms with van der Waals surface area (Å²) in [5.41, 5.74) is 1.28. The van der Waals surface area contributed by atoms with Crippen molar-refractivity contribution in [2.75, 3.05) is 13.1 Å². The number of ether oxygens (including phenoxy) is 1. The largest absolute Gasteiger partial charge is 0.425 e. The second-order valence-corrected chi connectivity index (χ2v) is 6.43. The van der Waals surface area contributed by atoms with Crippen molar-refractivity contribution in [2.24, 2.45) is 0 Å². The Balaban J connectivity index is 2.12. The van der Waals surface area contributed by atoms with Gasteiger partial charge in [-0.25, -0.2) is 0 Å². The summed E-state index contributed by atoms with van der Waals surface area (Å²) >= 11 is 0. The molecular formula is C21H25NO2. The summed E-state index contributed by atoms with van der Waals surface area (Å²) in [5, 5.41) is 0. The normalized spacial score (nSPS) is 20.8. The van der Waals surface area contributed by atoms with Gasteiger partial charge in [-0.15, -0.1) is 0 Å². The highest BCUT2D eigenvalue weighted by Crippen LogP contribution is 2.47. The number of carbonyl (C=O) groups excluding carboxylic acids is 1. The molecule has 1 aliphatic heterocycles. The van der Waals surface area contributed by atoms with Gasteiger partial charge in [0.15, 0.2) is 0 Å². The van der Waals surface area contributed by atoms with E-state index < -0.39 is 5.41 Å². The standard InChI is InChI=1S/C21H25NO2/c1-4-22(5-2)16(3)15-21(17-11-7-6-8-12-17)18-13-9-10-14-19(18)24-20(21)23/h6-14,16H,4-5,15H2,1-3H3. The van der Waals surface area contributed by atoms with Crippen LogP contribution in [0, 0.1) is 0 Å². The molecule has 0 spiro atoms. The molecule has 24 heavy (non-hydrogen) atoms. The van der Waals surface area contributed by atoms with Gasteiger partial charge in [0.05, 0.1) is 0 Å². The van der Waals surface area contributed by atoms with Gasteiger partial charge in [-0.05, 0) is 38.1 Å². The molecule has 3 heteroatoms. The predicted molar refractivity (Wildman–Crippen MR) is 96.3 cm³/mol. The summed E-state index contributed by atoms with van der Waals surface area (Å²) in [6, 6.07) is 18.2. The molecule has 1 heterocycles. The third kappa shape index (κ3) is 2.63. The molecule has 2 aromatic rings. The van der Waals surface area contributed by atoms with E-state index in [0.717, 1.165) is 24.2 Å². The quantitative estimate of drug-likeness (QED) is 0.594. The van der Waals surface area contributed by atoms with Crippen LogP contribution in [0.5, 0.6) is 5.75 Å². The van der Waals surface area contributed by atoms with Crippen LogP contribution < -0.4 is 4.74 Å². The Hall–Kier alpha value is -2.13. The first kappa shape index (κ1) is 16.7. The van der Waals surface area contributed by atoms with Gasteiger partial charge in [-0.3, -0.25) is 4.79 Å². The second-order valence-electron chi connectivity index (χ2n) is 6.43. The molecule has 0 radical (unpaired) electrons. The zero-order valence-electron chi connectivity index (χ0n) is 14.7. The molecule has 3 nitrogen and oxygen atoms in total. The first-order chi connectivity index (χ1) is 11.6. The van der Waals surface area contributed by atoms with Crippen LogP contribution >= 0.6 is 0 Å². The summed E-state index contributed by atoms with van der Waals surface area (Å²) in [4.78, 5) is 15.4. The average Bonchev–Trinajstić information content (AvgIpc) is 2.89. The Morgan fingerprint density at radius 1 is 1.00 bits per heavy atom. The Kier molecular flexibility index (Phi) is 4.72. The van der Waals surface area contributed by atoms with Crippen molar-refractivity contribution in [1.29, 1.82) is 0 Å². The fraction of sp³-hybridized carbons (Fsp3) is 0.381. The number of hydrogen-bond acceptors (Lipinski definition) is 3. The number of para-hydroxylation sites is 1. The molecule has 1 aliphatic rings. The number of rotatable bonds is 6. The minimum atomic E-state index is -0.722. The number of hydrogen-bond donors (Lipinski definition) is 0. The third-order valence-corrected chi connectivity index (χ3v) is 5.20. The van der Waals surface area contributed by atoms with Crippen LogP contribution in [0.25, 0.3) is 0 Å². The molecular weight excluding hydrogens is 298 g/mol. The van der Waals surface area contributed by atoms with E-state index in [1.165, 1.54) is 0 Å². The van der Waals surface area contributed by atoms with Gasteiger partial charge in [-0.1, -0.05) is 62.4 Å². The first-order valence-corrected chi connectivity index (χ1v) is 8.74. The number of carbonyl (C=O) groups is 1. The number of fused-ring (bicyclic) bond motifs is 1. The van der Waals surface area contributed by atoms with Crippen LogP contribution in [0.4, 0.5) is 0 Å². The number of benzene rings is 2. The van der Waals surface area contributed by atoms with Gasteiger partial charge in [0.1, 0.15) is 11.2 Å². The zero-order chi connectivity index (χ0) is 17.2. The van der Waals surface area contributed by atoms with Crippen molar-refractivity contribution in [3.63, 3.8) is 0 Å². The minimum Gasteiger partial charge on any atom is -0.425 e. The molecule has 0 aliphatic carbocycles. The maximum Gasteiger partial charge on any atom is 0.326 e. The fourth-order valence-corrected chi connectivity index (χ4v) is 3.93. The topological polar surface area (TPSA) is 29.5 Å². The summed E-state index contributed by atoms with van der Waals surface area (Å²) in [7, 11) is 0. The molecule has 3 rings (SSSR count). The molecule has 0 fully saturated rings. The Labute approximate surface area is 144 Å². The van der Waals surface area contributed by atoms with Gasteiger partial charge in [0.25, 0.3) is 0 Å². The fourth-order valence-electron chi connectivity index (χ4n) is 3.93. The molecule has 2 unspecified atom stereocenters. The molecule has 0 amide bonds. The monoisotopic (exact) mass is 323 g/mol. The van der Waals surface area contributed by atoms with E-state index in [9.17, 15) is 4.79 Å². The van der Waals surface area contributed by atoms with Crippen molar-refractivity contribution < 1.29 is 9.53 Å². The Bertz CT molecular complexity index is 709. The van der Waals surface area contributed by atoms with Crippen molar-refractivity contribution in [3.05, 3.63) is 65.7 Å². The highest BCUT2D eigenvalue weighted by Gasteiger charge is 2.51. The third-order valence-electron chi connectivity index (χ3n) is 5.20. The van der Waals surface area contributed by atoms with Gasteiger partial charge < -0.3 is 9.64 Å². The maximum absolute atomic E-state index is 13.0. The average molecular weight is 323 g/mol. The lowest BCUT2D eigenvalue weighted by Crippen LogP contribution is -2.43. The van der Waals surface area contributed by atoms with E-state index in [-0.39, 0.29) is 12.0 Å². The number of nitrogens with zero attached hydrogens (tertiary/aromatic N) is 1. The van der Waals surface area contributed by atoms with Crippen LogP contribution in [0.1, 0.15) is 38.3 Å². The van der Waals surface area contributed by atoms with E-state index >= 15 is 0 Å². The first-order valence-electron chi connectivity index (χ1n) is 8.74. The van der Waals surface area contributed by atoms with Gasteiger partial charge in [0.2, 0.25) is 0 Å². The maximum atomic E-state index is 13.0. The van der Waals surface area contributed by atoms with Crippen LogP contribution in [0.15, 0.2) is 54.6 Å². The second kappa shape index (κ2) is 6.78. The van der Waals surface area contributed by atoms with Crippen LogP contribution in [0.3, 0.4) is 0 Å². The van der Waals surface area contributed by atoms with Crippen LogP contribution in [0.2, 0.25) is 0 Å². The molecule has 126 valence electrons. The van der Waals surface area contributed by atoms with Crippen LogP contribution in [-0.4, -0.2) is 30.0 Å². The molecule has 0 saturated carbocycles. The zero-order valence-corrected chi connectivity index (χ0v) is 14.7. The predicted octanol–water partition coefficient (Wildman–Crippen LogP) is 4.01. The lowest BCUT2D eigenvalue weighted by Gasteiger charge is -2.34. The van der Waals surface area contributed by atoms with E-state index in [2.05, 4.69) is 25.7 Å².